The molecule has 3 aromatic rings. The molecule has 1 heterocycles. The van der Waals surface area contributed by atoms with E-state index in [2.05, 4.69) is 5.32 Å². The Morgan fingerprint density at radius 2 is 1.94 bits per heavy atom. The summed E-state index contributed by atoms with van der Waals surface area (Å²) in [5, 5.41) is 4.13. The van der Waals surface area contributed by atoms with Gasteiger partial charge >= 0.3 is 0 Å². The molecule has 1 unspecified atom stereocenters. The first-order valence-electron chi connectivity index (χ1n) is 10.6. The number of carbonyl (C=O) groups excluding carboxylic acids is 1. The molecule has 8 heteroatoms. The Kier molecular flexibility index (Phi) is 8.34. The van der Waals surface area contributed by atoms with Crippen LogP contribution in [0.4, 0.5) is 5.69 Å². The van der Waals surface area contributed by atoms with Gasteiger partial charge in [0, 0.05) is 23.9 Å². The van der Waals surface area contributed by atoms with E-state index in [0.29, 0.717) is 46.3 Å². The maximum atomic E-state index is 13.2. The lowest BCUT2D eigenvalue weighted by molar-refractivity contribution is -0.115. The van der Waals surface area contributed by atoms with Gasteiger partial charge in [0.05, 0.1) is 22.3 Å². The molecule has 1 aromatic heterocycles. The molecule has 1 N–H and O–H groups in total. The van der Waals surface area contributed by atoms with Crippen molar-refractivity contribution < 1.29 is 9.53 Å². The molecule has 0 saturated carbocycles. The number of thioether (sulfide) groups is 1. The van der Waals surface area contributed by atoms with Gasteiger partial charge in [-0.05, 0) is 63.9 Å². The lowest BCUT2D eigenvalue weighted by atomic mass is 10.2. The Bertz CT molecular complexity index is 1160. The van der Waals surface area contributed by atoms with Crippen molar-refractivity contribution in [2.75, 3.05) is 11.9 Å². The van der Waals surface area contributed by atoms with Gasteiger partial charge in [-0.25, -0.2) is 4.98 Å². The van der Waals surface area contributed by atoms with Crippen LogP contribution in [-0.2, 0) is 16.1 Å². The normalized spacial score (nSPS) is 12.3. The second-order valence-corrected chi connectivity index (χ2v) is 9.52. The zero-order valence-electron chi connectivity index (χ0n) is 18.7. The van der Waals surface area contributed by atoms with Crippen LogP contribution in [0.25, 0.3) is 10.9 Å². The van der Waals surface area contributed by atoms with Gasteiger partial charge in [0.1, 0.15) is 0 Å². The van der Waals surface area contributed by atoms with Gasteiger partial charge in [-0.2, -0.15) is 0 Å². The van der Waals surface area contributed by atoms with Gasteiger partial charge in [0.2, 0.25) is 5.91 Å². The molecular weight excluding hydrogens is 446 g/mol. The van der Waals surface area contributed by atoms with Gasteiger partial charge in [0.25, 0.3) is 5.56 Å². The second-order valence-electron chi connectivity index (χ2n) is 7.80. The molecule has 170 valence electrons. The number of fused-ring (bicyclic) bond motifs is 1. The number of para-hydroxylation sites is 1. The van der Waals surface area contributed by atoms with Gasteiger partial charge in [0.15, 0.2) is 5.16 Å². The summed E-state index contributed by atoms with van der Waals surface area (Å²) in [6, 6.07) is 12.7. The summed E-state index contributed by atoms with van der Waals surface area (Å²) in [6.45, 7) is 8.63. The van der Waals surface area contributed by atoms with Gasteiger partial charge < -0.3 is 10.1 Å². The average Bonchev–Trinajstić information content (AvgIpc) is 2.76. The molecule has 0 aliphatic carbocycles. The van der Waals surface area contributed by atoms with Gasteiger partial charge in [-0.15, -0.1) is 0 Å². The maximum absolute atomic E-state index is 13.2. The first-order chi connectivity index (χ1) is 15.3. The van der Waals surface area contributed by atoms with Crippen molar-refractivity contribution in [2.24, 2.45) is 0 Å². The standard InChI is InChI=1S/C24H28ClN3O3S/c1-15(2)31-14-8-13-28-23(30)18-9-5-6-11-21(18)27-24(28)32-17(4)22(29)26-20-12-7-10-19(25)16(20)3/h5-7,9-12,15,17H,8,13-14H2,1-4H3,(H,26,29). The van der Waals surface area contributed by atoms with Crippen LogP contribution in [0.2, 0.25) is 5.02 Å². The van der Waals surface area contributed by atoms with E-state index in [4.69, 9.17) is 21.3 Å². The number of ether oxygens (including phenoxy) is 1. The number of nitrogens with zero attached hydrogens (tertiary/aromatic N) is 2. The highest BCUT2D eigenvalue weighted by Crippen LogP contribution is 2.26. The van der Waals surface area contributed by atoms with Crippen LogP contribution in [0.3, 0.4) is 0 Å². The molecule has 1 atom stereocenters. The van der Waals surface area contributed by atoms with Gasteiger partial charge in [-0.1, -0.05) is 41.6 Å². The van der Waals surface area contributed by atoms with Gasteiger partial charge in [-0.3, -0.25) is 14.2 Å². The highest BCUT2D eigenvalue weighted by atomic mass is 35.5. The topological polar surface area (TPSA) is 73.2 Å². The lowest BCUT2D eigenvalue weighted by Gasteiger charge is -2.17. The molecule has 6 nitrogen and oxygen atoms in total. The Labute approximate surface area is 197 Å². The average molecular weight is 474 g/mol. The Morgan fingerprint density at radius 3 is 2.69 bits per heavy atom. The summed E-state index contributed by atoms with van der Waals surface area (Å²) in [4.78, 5) is 30.7. The molecule has 0 saturated heterocycles. The predicted octanol–water partition coefficient (Wildman–Crippen LogP) is 5.29. The summed E-state index contributed by atoms with van der Waals surface area (Å²) in [5.74, 6) is -0.183. The smallest absolute Gasteiger partial charge is 0.262 e. The third-order valence-corrected chi connectivity index (χ3v) is 6.48. The zero-order chi connectivity index (χ0) is 23.3. The van der Waals surface area contributed by atoms with E-state index in [9.17, 15) is 9.59 Å². The number of hydrogen-bond donors (Lipinski definition) is 1. The number of halogens is 1. The predicted molar refractivity (Wildman–Crippen MR) is 132 cm³/mol. The van der Waals surface area contributed by atoms with E-state index in [-0.39, 0.29) is 17.6 Å². The van der Waals surface area contributed by atoms with Crippen molar-refractivity contribution in [1.29, 1.82) is 0 Å². The van der Waals surface area contributed by atoms with E-state index in [1.807, 2.05) is 45.0 Å². The zero-order valence-corrected chi connectivity index (χ0v) is 20.3. The van der Waals surface area contributed by atoms with Crippen LogP contribution in [-0.4, -0.2) is 33.4 Å². The number of amides is 1. The first-order valence-corrected chi connectivity index (χ1v) is 11.9. The second kappa shape index (κ2) is 11.0. The lowest BCUT2D eigenvalue weighted by Crippen LogP contribution is -2.27. The number of hydrogen-bond acceptors (Lipinski definition) is 5. The number of aromatic nitrogens is 2. The fourth-order valence-electron chi connectivity index (χ4n) is 3.17. The molecule has 0 aliphatic heterocycles. The van der Waals surface area contributed by atoms with Crippen LogP contribution in [0, 0.1) is 6.92 Å². The monoisotopic (exact) mass is 473 g/mol. The number of carbonyl (C=O) groups is 1. The number of anilines is 1. The summed E-state index contributed by atoms with van der Waals surface area (Å²) in [7, 11) is 0. The minimum atomic E-state index is -0.473. The highest BCUT2D eigenvalue weighted by Gasteiger charge is 2.20. The van der Waals surface area contributed by atoms with Crippen molar-refractivity contribution in [3.8, 4) is 0 Å². The molecule has 0 fully saturated rings. The summed E-state index contributed by atoms with van der Waals surface area (Å²) >= 11 is 7.43. The van der Waals surface area contributed by atoms with Crippen molar-refractivity contribution in [2.45, 2.75) is 57.2 Å². The van der Waals surface area contributed by atoms with Crippen LogP contribution in [0.5, 0.6) is 0 Å². The quantitative estimate of drug-likeness (QED) is 0.259. The third-order valence-electron chi connectivity index (χ3n) is 4.98. The summed E-state index contributed by atoms with van der Waals surface area (Å²) in [5.41, 5.74) is 1.99. The molecular formula is C24H28ClN3O3S. The minimum Gasteiger partial charge on any atom is -0.379 e. The third kappa shape index (κ3) is 5.91. The Hall–Kier alpha value is -2.35. The molecule has 2 aromatic carbocycles. The molecule has 0 radical (unpaired) electrons. The van der Waals surface area contributed by atoms with Crippen molar-refractivity contribution >= 4 is 45.9 Å². The van der Waals surface area contributed by atoms with E-state index >= 15 is 0 Å². The van der Waals surface area contributed by atoms with Crippen molar-refractivity contribution in [3.63, 3.8) is 0 Å². The van der Waals surface area contributed by atoms with Crippen molar-refractivity contribution in [3.05, 3.63) is 63.4 Å². The highest BCUT2D eigenvalue weighted by molar-refractivity contribution is 8.00. The summed E-state index contributed by atoms with van der Waals surface area (Å²) in [6.07, 6.45) is 0.808. The fraction of sp³-hybridized carbons (Fsp3) is 0.375. The van der Waals surface area contributed by atoms with E-state index in [1.54, 1.807) is 29.7 Å². The number of rotatable bonds is 9. The Morgan fingerprint density at radius 1 is 1.19 bits per heavy atom. The first kappa shape index (κ1) is 24.3. The largest absolute Gasteiger partial charge is 0.379 e. The molecule has 1 amide bonds. The molecule has 32 heavy (non-hydrogen) atoms. The van der Waals surface area contributed by atoms with Crippen LogP contribution < -0.4 is 10.9 Å². The molecule has 0 aliphatic rings. The molecule has 3 rings (SSSR count). The minimum absolute atomic E-state index is 0.110. The van der Waals surface area contributed by atoms with Crippen LogP contribution in [0.1, 0.15) is 32.8 Å². The molecule has 0 bridgehead atoms. The molecule has 0 spiro atoms. The fourth-order valence-corrected chi connectivity index (χ4v) is 4.27. The number of nitrogens with one attached hydrogen (secondary N) is 1. The Balaban J connectivity index is 1.83. The van der Waals surface area contributed by atoms with E-state index in [1.165, 1.54) is 11.8 Å². The number of benzene rings is 2. The van der Waals surface area contributed by atoms with Crippen LogP contribution in [0.15, 0.2) is 52.4 Å². The SMILES string of the molecule is Cc1c(Cl)cccc1NC(=O)C(C)Sc1nc2ccccc2c(=O)n1CCCOC(C)C. The maximum Gasteiger partial charge on any atom is 0.262 e. The summed E-state index contributed by atoms with van der Waals surface area (Å²) < 4.78 is 7.26. The van der Waals surface area contributed by atoms with Crippen molar-refractivity contribution in [1.82, 2.24) is 9.55 Å². The van der Waals surface area contributed by atoms with E-state index < -0.39 is 5.25 Å². The van der Waals surface area contributed by atoms with Crippen LogP contribution >= 0.6 is 23.4 Å². The van der Waals surface area contributed by atoms with E-state index in [0.717, 1.165) is 5.56 Å².